The Kier molecular flexibility index (Phi) is 3.61. The highest BCUT2D eigenvalue weighted by molar-refractivity contribution is 7.17. The largest absolute Gasteiger partial charge is 0.148 e. The summed E-state index contributed by atoms with van der Waals surface area (Å²) in [4.78, 5) is 0. The molecular weight excluding hydrogens is 264 g/mol. The predicted molar refractivity (Wildman–Crippen MR) is 84.9 cm³/mol. The topological polar surface area (TPSA) is 25.8 Å². The molecule has 0 radical (unpaired) electrons. The van der Waals surface area contributed by atoms with Gasteiger partial charge >= 0.3 is 0 Å². The van der Waals surface area contributed by atoms with Crippen LogP contribution in [0.5, 0.6) is 0 Å². The highest BCUT2D eigenvalue weighted by Crippen LogP contribution is 2.30. The minimum Gasteiger partial charge on any atom is -0.138 e. The Hall–Kier alpha value is -2.00. The Balaban J connectivity index is 1.90. The SMILES string of the molecule is CC(C)c1ccc(-c2nnc(-c3ccccc3)s2)cc1. The summed E-state index contributed by atoms with van der Waals surface area (Å²) in [6.07, 6.45) is 0. The van der Waals surface area contributed by atoms with Crippen LogP contribution in [0.2, 0.25) is 0 Å². The molecule has 2 nitrogen and oxygen atoms in total. The maximum atomic E-state index is 4.31. The van der Waals surface area contributed by atoms with Crippen molar-refractivity contribution in [3.63, 3.8) is 0 Å². The zero-order chi connectivity index (χ0) is 13.9. The summed E-state index contributed by atoms with van der Waals surface area (Å²) in [5, 5.41) is 10.5. The third kappa shape index (κ3) is 2.63. The third-order valence-corrected chi connectivity index (χ3v) is 4.29. The number of hydrogen-bond acceptors (Lipinski definition) is 3. The number of hydrogen-bond donors (Lipinski definition) is 0. The van der Waals surface area contributed by atoms with Gasteiger partial charge in [0.2, 0.25) is 0 Å². The molecule has 3 aromatic rings. The van der Waals surface area contributed by atoms with E-state index in [2.05, 4.69) is 60.4 Å². The molecule has 3 heteroatoms. The Morgan fingerprint density at radius 3 is 1.85 bits per heavy atom. The molecule has 0 bridgehead atoms. The zero-order valence-electron chi connectivity index (χ0n) is 11.6. The van der Waals surface area contributed by atoms with E-state index in [1.165, 1.54) is 5.56 Å². The molecule has 0 unspecified atom stereocenters. The fraction of sp³-hybridized carbons (Fsp3) is 0.176. The standard InChI is InChI=1S/C17H16N2S/c1-12(2)13-8-10-15(11-9-13)17-19-18-16(20-17)14-6-4-3-5-7-14/h3-12H,1-2H3. The van der Waals surface area contributed by atoms with Crippen LogP contribution in [-0.2, 0) is 0 Å². The molecule has 0 fully saturated rings. The van der Waals surface area contributed by atoms with Gasteiger partial charge < -0.3 is 0 Å². The summed E-state index contributed by atoms with van der Waals surface area (Å²) in [6, 6.07) is 18.8. The minimum atomic E-state index is 0.554. The van der Waals surface area contributed by atoms with Gasteiger partial charge in [-0.3, -0.25) is 0 Å². The molecule has 100 valence electrons. The Morgan fingerprint density at radius 2 is 1.30 bits per heavy atom. The average Bonchev–Trinajstić information content (AvgIpc) is 2.98. The summed E-state index contributed by atoms with van der Waals surface area (Å²) in [5.41, 5.74) is 3.60. The van der Waals surface area contributed by atoms with Crippen LogP contribution >= 0.6 is 11.3 Å². The fourth-order valence-corrected chi connectivity index (χ4v) is 2.90. The smallest absolute Gasteiger partial charge is 0.138 e. The number of nitrogens with zero attached hydrogens (tertiary/aromatic N) is 2. The molecule has 3 rings (SSSR count). The number of benzene rings is 2. The molecule has 0 amide bonds. The molecule has 0 saturated heterocycles. The van der Waals surface area contributed by atoms with Crippen LogP contribution in [0.15, 0.2) is 54.6 Å². The maximum absolute atomic E-state index is 4.31. The molecule has 0 atom stereocenters. The van der Waals surface area contributed by atoms with Crippen LogP contribution in [0, 0.1) is 0 Å². The van der Waals surface area contributed by atoms with Crippen LogP contribution in [0.3, 0.4) is 0 Å². The Labute approximate surface area is 123 Å². The Bertz CT molecular complexity index is 685. The van der Waals surface area contributed by atoms with Gasteiger partial charge in [-0.2, -0.15) is 0 Å². The fourth-order valence-electron chi connectivity index (χ4n) is 2.05. The van der Waals surface area contributed by atoms with Gasteiger partial charge in [0.25, 0.3) is 0 Å². The van der Waals surface area contributed by atoms with Crippen LogP contribution in [0.25, 0.3) is 21.1 Å². The van der Waals surface area contributed by atoms with E-state index in [9.17, 15) is 0 Å². The second-order valence-corrected chi connectivity index (χ2v) is 6.03. The van der Waals surface area contributed by atoms with Crippen molar-refractivity contribution in [3.8, 4) is 21.1 Å². The molecule has 2 aromatic carbocycles. The molecule has 1 heterocycles. The number of aromatic nitrogens is 2. The van der Waals surface area contributed by atoms with Gasteiger partial charge in [-0.05, 0) is 11.5 Å². The summed E-state index contributed by atoms with van der Waals surface area (Å²) in [6.45, 7) is 4.40. The lowest BCUT2D eigenvalue weighted by molar-refractivity contribution is 0.867. The van der Waals surface area contributed by atoms with Gasteiger partial charge in [0.05, 0.1) is 0 Å². The first-order valence-electron chi connectivity index (χ1n) is 6.73. The molecule has 0 aliphatic carbocycles. The predicted octanol–water partition coefficient (Wildman–Crippen LogP) is 5.00. The van der Waals surface area contributed by atoms with Gasteiger partial charge in [0, 0.05) is 11.1 Å². The van der Waals surface area contributed by atoms with Crippen LogP contribution in [0.1, 0.15) is 25.3 Å². The lowest BCUT2D eigenvalue weighted by Crippen LogP contribution is -1.86. The van der Waals surface area contributed by atoms with Gasteiger partial charge in [-0.1, -0.05) is 79.8 Å². The molecule has 1 aromatic heterocycles. The van der Waals surface area contributed by atoms with E-state index in [0.29, 0.717) is 5.92 Å². The third-order valence-electron chi connectivity index (χ3n) is 3.27. The summed E-state index contributed by atoms with van der Waals surface area (Å²) < 4.78 is 0. The van der Waals surface area contributed by atoms with Crippen LogP contribution in [0.4, 0.5) is 0 Å². The second kappa shape index (κ2) is 5.55. The average molecular weight is 280 g/mol. The molecule has 0 aliphatic rings. The maximum Gasteiger partial charge on any atom is 0.148 e. The van der Waals surface area contributed by atoms with E-state index in [1.54, 1.807) is 11.3 Å². The summed E-state index contributed by atoms with van der Waals surface area (Å²) in [7, 11) is 0. The molecule has 20 heavy (non-hydrogen) atoms. The summed E-state index contributed by atoms with van der Waals surface area (Å²) >= 11 is 1.63. The lowest BCUT2D eigenvalue weighted by atomic mass is 10.0. The first kappa shape index (κ1) is 13.0. The van der Waals surface area contributed by atoms with Crippen molar-refractivity contribution in [2.45, 2.75) is 19.8 Å². The van der Waals surface area contributed by atoms with E-state index in [4.69, 9.17) is 0 Å². The van der Waals surface area contributed by atoms with Crippen molar-refractivity contribution in [1.29, 1.82) is 0 Å². The molecule has 0 N–H and O–H groups in total. The van der Waals surface area contributed by atoms with Gasteiger partial charge in [-0.25, -0.2) is 0 Å². The number of rotatable bonds is 3. The zero-order valence-corrected chi connectivity index (χ0v) is 12.4. The molecule has 0 saturated carbocycles. The van der Waals surface area contributed by atoms with Crippen molar-refractivity contribution in [3.05, 3.63) is 60.2 Å². The van der Waals surface area contributed by atoms with Crippen molar-refractivity contribution < 1.29 is 0 Å². The minimum absolute atomic E-state index is 0.554. The van der Waals surface area contributed by atoms with Crippen LogP contribution in [-0.4, -0.2) is 10.2 Å². The van der Waals surface area contributed by atoms with Crippen LogP contribution < -0.4 is 0 Å². The van der Waals surface area contributed by atoms with Crippen molar-refractivity contribution in [2.24, 2.45) is 0 Å². The van der Waals surface area contributed by atoms with E-state index >= 15 is 0 Å². The Morgan fingerprint density at radius 1 is 0.750 bits per heavy atom. The van der Waals surface area contributed by atoms with Crippen molar-refractivity contribution >= 4 is 11.3 Å². The highest BCUT2D eigenvalue weighted by atomic mass is 32.1. The van der Waals surface area contributed by atoms with E-state index < -0.39 is 0 Å². The molecule has 0 spiro atoms. The van der Waals surface area contributed by atoms with E-state index in [-0.39, 0.29) is 0 Å². The van der Waals surface area contributed by atoms with Crippen molar-refractivity contribution in [1.82, 2.24) is 10.2 Å². The van der Waals surface area contributed by atoms with E-state index in [1.807, 2.05) is 18.2 Å². The lowest BCUT2D eigenvalue weighted by Gasteiger charge is -2.04. The monoisotopic (exact) mass is 280 g/mol. The van der Waals surface area contributed by atoms with E-state index in [0.717, 1.165) is 21.1 Å². The molecular formula is C17H16N2S. The highest BCUT2D eigenvalue weighted by Gasteiger charge is 2.08. The van der Waals surface area contributed by atoms with Gasteiger partial charge in [-0.15, -0.1) is 10.2 Å². The normalized spacial score (nSPS) is 10.9. The quantitative estimate of drug-likeness (QED) is 0.675. The summed E-state index contributed by atoms with van der Waals surface area (Å²) in [5.74, 6) is 0.554. The molecule has 0 aliphatic heterocycles. The first-order chi connectivity index (χ1) is 9.74. The first-order valence-corrected chi connectivity index (χ1v) is 7.55. The second-order valence-electron chi connectivity index (χ2n) is 5.06. The van der Waals surface area contributed by atoms with Gasteiger partial charge in [0.1, 0.15) is 10.0 Å². The van der Waals surface area contributed by atoms with Gasteiger partial charge in [0.15, 0.2) is 0 Å². The van der Waals surface area contributed by atoms with Crippen molar-refractivity contribution in [2.75, 3.05) is 0 Å².